The topological polar surface area (TPSA) is 83.6 Å². The van der Waals surface area contributed by atoms with Gasteiger partial charge in [-0.25, -0.2) is 0 Å². The number of phenolic OH excluding ortho intramolecular Hbond substituents is 1. The standard InChI is InChI=1S/C25H27NO4/c1-25-11-10-21-20-9-7-19(27)13-16(20)4-8-22(21)23(25)14-17(24(25)28)12-15-2-5-18(6-3-15)26(29)30/h2-3,5-7,9,12-13,21-24,27-28H,4,8,10-11,14H2,1H3/t21?,22?,23?,24-,25-/m0/s1. The number of aromatic hydroxyl groups is 1. The molecule has 2 aromatic carbocycles. The second-order valence-corrected chi connectivity index (χ2v) is 9.52. The van der Waals surface area contributed by atoms with E-state index in [-0.39, 0.29) is 11.1 Å². The maximum absolute atomic E-state index is 11.3. The summed E-state index contributed by atoms with van der Waals surface area (Å²) in [5.74, 6) is 1.81. The monoisotopic (exact) mass is 405 g/mol. The molecule has 2 aromatic rings. The van der Waals surface area contributed by atoms with Crippen LogP contribution in [0.5, 0.6) is 5.75 Å². The molecule has 2 N–H and O–H groups in total. The van der Waals surface area contributed by atoms with Crippen LogP contribution in [0.1, 0.15) is 55.2 Å². The van der Waals surface area contributed by atoms with Crippen molar-refractivity contribution < 1.29 is 15.1 Å². The van der Waals surface area contributed by atoms with Crippen LogP contribution >= 0.6 is 0 Å². The minimum atomic E-state index is -0.472. The molecule has 0 amide bonds. The second-order valence-electron chi connectivity index (χ2n) is 9.52. The van der Waals surface area contributed by atoms with Crippen molar-refractivity contribution in [3.8, 4) is 5.75 Å². The predicted molar refractivity (Wildman–Crippen MR) is 115 cm³/mol. The fourth-order valence-corrected chi connectivity index (χ4v) is 6.47. The number of hydrogen-bond donors (Lipinski definition) is 2. The van der Waals surface area contributed by atoms with E-state index in [9.17, 15) is 20.3 Å². The fourth-order valence-electron chi connectivity index (χ4n) is 6.47. The summed E-state index contributed by atoms with van der Waals surface area (Å²) in [7, 11) is 0. The van der Waals surface area contributed by atoms with Crippen molar-refractivity contribution in [3.63, 3.8) is 0 Å². The molecule has 5 atom stereocenters. The Morgan fingerprint density at radius 2 is 1.93 bits per heavy atom. The Kier molecular flexibility index (Phi) is 4.47. The van der Waals surface area contributed by atoms with Crippen molar-refractivity contribution in [2.24, 2.45) is 17.3 Å². The molecule has 0 radical (unpaired) electrons. The average Bonchev–Trinajstić information content (AvgIpc) is 2.98. The van der Waals surface area contributed by atoms with Crippen LogP contribution in [0.2, 0.25) is 0 Å². The molecule has 0 aliphatic heterocycles. The number of benzene rings is 2. The van der Waals surface area contributed by atoms with E-state index in [4.69, 9.17) is 0 Å². The third-order valence-electron chi connectivity index (χ3n) is 8.04. The Labute approximate surface area is 176 Å². The van der Waals surface area contributed by atoms with Crippen LogP contribution in [0.15, 0.2) is 48.0 Å². The fraction of sp³-hybridized carbons (Fsp3) is 0.440. The molecule has 156 valence electrons. The summed E-state index contributed by atoms with van der Waals surface area (Å²) in [4.78, 5) is 10.5. The summed E-state index contributed by atoms with van der Waals surface area (Å²) in [6, 6.07) is 12.4. The van der Waals surface area contributed by atoms with Crippen LogP contribution in [0, 0.1) is 27.4 Å². The van der Waals surface area contributed by atoms with Gasteiger partial charge in [0.15, 0.2) is 0 Å². The van der Waals surface area contributed by atoms with Gasteiger partial charge in [-0.05, 0) is 96.4 Å². The van der Waals surface area contributed by atoms with Crippen molar-refractivity contribution in [2.45, 2.75) is 51.0 Å². The van der Waals surface area contributed by atoms with E-state index < -0.39 is 11.0 Å². The van der Waals surface area contributed by atoms with Gasteiger partial charge < -0.3 is 10.2 Å². The Morgan fingerprint density at radius 1 is 1.17 bits per heavy atom. The number of phenols is 1. The molecule has 3 unspecified atom stereocenters. The van der Waals surface area contributed by atoms with Crippen molar-refractivity contribution in [3.05, 3.63) is 74.8 Å². The van der Waals surface area contributed by atoms with Crippen molar-refractivity contribution in [2.75, 3.05) is 0 Å². The first kappa shape index (κ1) is 19.3. The van der Waals surface area contributed by atoms with E-state index in [2.05, 4.69) is 13.0 Å². The Bertz CT molecular complexity index is 1030. The van der Waals surface area contributed by atoms with Crippen LogP contribution in [0.3, 0.4) is 0 Å². The SMILES string of the molecule is C[C@]12CCC3c4ccc(O)cc4CCC3C1CC(=Cc1ccc([N+](=O)[O-])cc1)[C@@H]2O. The molecule has 3 aliphatic carbocycles. The molecule has 5 nitrogen and oxygen atoms in total. The van der Waals surface area contributed by atoms with Crippen LogP contribution < -0.4 is 0 Å². The van der Waals surface area contributed by atoms with Crippen LogP contribution in [0.25, 0.3) is 6.08 Å². The van der Waals surface area contributed by atoms with E-state index in [1.807, 2.05) is 12.1 Å². The highest BCUT2D eigenvalue weighted by atomic mass is 16.6. The molecule has 0 bridgehead atoms. The number of non-ortho nitro benzene ring substituents is 1. The third kappa shape index (κ3) is 2.95. The van der Waals surface area contributed by atoms with Gasteiger partial charge in [-0.2, -0.15) is 0 Å². The maximum atomic E-state index is 11.3. The minimum Gasteiger partial charge on any atom is -0.508 e. The van der Waals surface area contributed by atoms with E-state index in [0.29, 0.717) is 23.5 Å². The first-order valence-electron chi connectivity index (χ1n) is 10.8. The summed E-state index contributed by atoms with van der Waals surface area (Å²) in [6.45, 7) is 2.24. The van der Waals surface area contributed by atoms with E-state index >= 15 is 0 Å². The molecule has 0 spiro atoms. The molecule has 2 fully saturated rings. The average molecular weight is 405 g/mol. The second kappa shape index (κ2) is 6.95. The molecular formula is C25H27NO4. The molecule has 0 aromatic heterocycles. The summed E-state index contributed by atoms with van der Waals surface area (Å²) in [5, 5.41) is 32.0. The van der Waals surface area contributed by atoms with Gasteiger partial charge in [-0.3, -0.25) is 10.1 Å². The molecular weight excluding hydrogens is 378 g/mol. The Morgan fingerprint density at radius 3 is 2.67 bits per heavy atom. The summed E-state index contributed by atoms with van der Waals surface area (Å²) in [6.07, 6.45) is 6.56. The third-order valence-corrected chi connectivity index (χ3v) is 8.04. The quantitative estimate of drug-likeness (QED) is 0.531. The molecule has 2 saturated carbocycles. The highest BCUT2D eigenvalue weighted by molar-refractivity contribution is 5.57. The smallest absolute Gasteiger partial charge is 0.269 e. The van der Waals surface area contributed by atoms with E-state index in [1.165, 1.54) is 23.3 Å². The highest BCUT2D eigenvalue weighted by Crippen LogP contribution is 2.62. The lowest BCUT2D eigenvalue weighted by atomic mass is 9.55. The van der Waals surface area contributed by atoms with Crippen LogP contribution in [-0.2, 0) is 6.42 Å². The largest absolute Gasteiger partial charge is 0.508 e. The first-order valence-corrected chi connectivity index (χ1v) is 10.8. The zero-order valence-corrected chi connectivity index (χ0v) is 17.1. The van der Waals surface area contributed by atoms with E-state index in [1.54, 1.807) is 18.2 Å². The maximum Gasteiger partial charge on any atom is 0.269 e. The lowest BCUT2D eigenvalue weighted by Crippen LogP contribution is -2.44. The number of nitrogens with zero attached hydrogens (tertiary/aromatic N) is 1. The Balaban J connectivity index is 1.44. The number of nitro benzene ring substituents is 1. The van der Waals surface area contributed by atoms with Gasteiger partial charge in [-0.15, -0.1) is 0 Å². The number of aryl methyl sites for hydroxylation is 1. The summed E-state index contributed by atoms with van der Waals surface area (Å²) < 4.78 is 0. The molecule has 5 rings (SSSR count). The number of rotatable bonds is 2. The summed E-state index contributed by atoms with van der Waals surface area (Å²) in [5.41, 5.74) is 4.57. The van der Waals surface area contributed by atoms with Gasteiger partial charge in [-0.1, -0.05) is 19.1 Å². The van der Waals surface area contributed by atoms with Crippen LogP contribution in [0.4, 0.5) is 5.69 Å². The lowest BCUT2D eigenvalue weighted by Gasteiger charge is -2.49. The van der Waals surface area contributed by atoms with Gasteiger partial charge in [0, 0.05) is 17.5 Å². The van der Waals surface area contributed by atoms with Gasteiger partial charge in [0.2, 0.25) is 0 Å². The molecule has 30 heavy (non-hydrogen) atoms. The summed E-state index contributed by atoms with van der Waals surface area (Å²) >= 11 is 0. The van der Waals surface area contributed by atoms with Crippen LogP contribution in [-0.4, -0.2) is 21.2 Å². The highest BCUT2D eigenvalue weighted by Gasteiger charge is 2.56. The molecule has 5 heteroatoms. The Hall–Kier alpha value is -2.66. The lowest BCUT2D eigenvalue weighted by molar-refractivity contribution is -0.384. The number of aliphatic hydroxyl groups is 1. The minimum absolute atomic E-state index is 0.0829. The van der Waals surface area contributed by atoms with Gasteiger partial charge in [0.05, 0.1) is 11.0 Å². The predicted octanol–water partition coefficient (Wildman–Crippen LogP) is 5.21. The van der Waals surface area contributed by atoms with Gasteiger partial charge in [0.25, 0.3) is 5.69 Å². The van der Waals surface area contributed by atoms with E-state index in [0.717, 1.165) is 43.2 Å². The zero-order valence-electron chi connectivity index (χ0n) is 17.1. The van der Waals surface area contributed by atoms with Crippen molar-refractivity contribution in [1.82, 2.24) is 0 Å². The molecule has 3 aliphatic rings. The van der Waals surface area contributed by atoms with Gasteiger partial charge >= 0.3 is 0 Å². The molecule has 0 heterocycles. The zero-order chi connectivity index (χ0) is 21.0. The first-order chi connectivity index (χ1) is 14.4. The van der Waals surface area contributed by atoms with Gasteiger partial charge in [0.1, 0.15) is 5.75 Å². The number of aliphatic hydroxyl groups excluding tert-OH is 1. The van der Waals surface area contributed by atoms with Crippen molar-refractivity contribution in [1.29, 1.82) is 0 Å². The number of nitro groups is 1. The van der Waals surface area contributed by atoms with Crippen molar-refractivity contribution >= 4 is 11.8 Å². The number of hydrogen-bond acceptors (Lipinski definition) is 4. The number of fused-ring (bicyclic) bond motifs is 5. The molecule has 0 saturated heterocycles. The normalized spacial score (nSPS) is 33.6.